The number of anilines is 1. The third-order valence-electron chi connectivity index (χ3n) is 2.54. The minimum Gasteiger partial charge on any atom is -0.479 e. The summed E-state index contributed by atoms with van der Waals surface area (Å²) in [7, 11) is 3.80. The largest absolute Gasteiger partial charge is 3.00 e. The van der Waals surface area contributed by atoms with Crippen molar-refractivity contribution >= 4 is 17.1 Å². The van der Waals surface area contributed by atoms with Crippen LogP contribution in [0.15, 0.2) is 59.0 Å². The molecule has 20 heavy (non-hydrogen) atoms. The first kappa shape index (κ1) is 16.9. The van der Waals surface area contributed by atoms with Gasteiger partial charge in [-0.25, -0.2) is 0 Å². The van der Waals surface area contributed by atoms with Crippen LogP contribution in [0.1, 0.15) is 6.92 Å². The van der Waals surface area contributed by atoms with Gasteiger partial charge in [0, 0.05) is 0 Å². The predicted octanol–water partition coefficient (Wildman–Crippen LogP) is 3.93. The number of nitrogens with zero attached hydrogens (tertiary/aromatic N) is 2. The van der Waals surface area contributed by atoms with E-state index in [2.05, 4.69) is 18.1 Å². The number of hydrogen-bond acceptors (Lipinski definition) is 3. The van der Waals surface area contributed by atoms with Gasteiger partial charge in [0.2, 0.25) is 0 Å². The molecule has 0 saturated carbocycles. The van der Waals surface area contributed by atoms with Gasteiger partial charge in [-0.15, -0.1) is 0 Å². The van der Waals surface area contributed by atoms with E-state index in [9.17, 15) is 0 Å². The summed E-state index contributed by atoms with van der Waals surface area (Å²) in [6, 6.07) is 20.8. The molecule has 0 atom stereocenters. The van der Waals surface area contributed by atoms with Crippen molar-refractivity contribution in [1.29, 1.82) is 0 Å². The van der Waals surface area contributed by atoms with Gasteiger partial charge in [-0.05, 0) is 25.6 Å². The average molecular weight is 341 g/mol. The summed E-state index contributed by atoms with van der Waals surface area (Å²) in [5.41, 5.74) is 1.68. The van der Waals surface area contributed by atoms with Crippen LogP contribution in [-0.4, -0.2) is 11.5 Å². The van der Waals surface area contributed by atoms with Crippen LogP contribution in [0.4, 0.5) is 6.01 Å². The molecule has 0 aliphatic heterocycles. The van der Waals surface area contributed by atoms with Gasteiger partial charge in [0.25, 0.3) is 6.01 Å². The van der Waals surface area contributed by atoms with Gasteiger partial charge >= 0.3 is 32.7 Å². The number of para-hydroxylation sites is 2. The molecule has 2 aromatic carbocycles. The van der Waals surface area contributed by atoms with Crippen molar-refractivity contribution in [1.82, 2.24) is 4.98 Å². The Balaban J connectivity index is 0.000000243. The summed E-state index contributed by atoms with van der Waals surface area (Å²) in [6.07, 6.45) is 0. The van der Waals surface area contributed by atoms with E-state index in [4.69, 9.17) is 4.42 Å². The molecule has 0 spiro atoms. The molecule has 4 heteroatoms. The Labute approximate surface area is 144 Å². The zero-order chi connectivity index (χ0) is 13.5. The molecule has 0 amide bonds. The minimum atomic E-state index is 0. The molecule has 0 saturated heterocycles. The summed E-state index contributed by atoms with van der Waals surface area (Å²) in [4.78, 5) is 6.00. The molecule has 98 valence electrons. The molecule has 0 unspecified atom stereocenters. The zero-order valence-corrected chi connectivity index (χ0v) is 14.3. The fourth-order valence-corrected chi connectivity index (χ4v) is 1.47. The second-order valence-corrected chi connectivity index (χ2v) is 3.90. The van der Waals surface area contributed by atoms with Gasteiger partial charge in [-0.3, -0.25) is 7.05 Å². The molecular weight excluding hydrogens is 325 g/mol. The fraction of sp³-hybridized carbons (Fsp3) is 0.125. The van der Waals surface area contributed by atoms with Crippen molar-refractivity contribution < 1.29 is 37.1 Å². The number of fused-ring (bicyclic) bond motifs is 1. The van der Waals surface area contributed by atoms with E-state index in [1.165, 1.54) is 0 Å². The van der Waals surface area contributed by atoms with Crippen molar-refractivity contribution in [3.63, 3.8) is 0 Å². The quantitative estimate of drug-likeness (QED) is 0.662. The monoisotopic (exact) mass is 341 g/mol. The van der Waals surface area contributed by atoms with Crippen molar-refractivity contribution in [2.45, 2.75) is 6.92 Å². The molecule has 0 radical (unpaired) electrons. The van der Waals surface area contributed by atoms with E-state index in [0.717, 1.165) is 17.6 Å². The Hall–Kier alpha value is -1.19. The van der Waals surface area contributed by atoms with Crippen molar-refractivity contribution in [2.75, 3.05) is 11.4 Å². The van der Waals surface area contributed by atoms with Gasteiger partial charge in [0.05, 0.1) is 0 Å². The van der Waals surface area contributed by atoms with Gasteiger partial charge in [-0.2, -0.15) is 41.4 Å². The molecule has 0 aliphatic carbocycles. The van der Waals surface area contributed by atoms with Crippen LogP contribution in [0.2, 0.25) is 0 Å². The molecule has 3 rings (SSSR count). The summed E-state index contributed by atoms with van der Waals surface area (Å²) < 4.78 is 5.47. The van der Waals surface area contributed by atoms with E-state index in [-0.39, 0.29) is 32.7 Å². The van der Waals surface area contributed by atoms with E-state index in [1.54, 1.807) is 4.90 Å². The first-order valence-corrected chi connectivity index (χ1v) is 6.16. The van der Waals surface area contributed by atoms with Gasteiger partial charge in [-0.1, -0.05) is 12.1 Å². The Morgan fingerprint density at radius 3 is 2.35 bits per heavy atom. The second-order valence-electron chi connectivity index (χ2n) is 3.90. The standard InChI is InChI=1S/C10H11N2O.C6H5.Y/c1-3-12(2)10-11-8-6-4-5-7-9(8)13-10;1-2-4-6-5-3-1;/h4-7H,2-3H2,1H3;1-5H;/q2*-1;+3. The molecule has 0 aliphatic rings. The van der Waals surface area contributed by atoms with Crippen LogP contribution in [0.5, 0.6) is 0 Å². The van der Waals surface area contributed by atoms with Crippen LogP contribution in [0.3, 0.4) is 0 Å². The molecule has 3 nitrogen and oxygen atoms in total. The van der Waals surface area contributed by atoms with Gasteiger partial charge in [0.15, 0.2) is 5.58 Å². The second kappa shape index (κ2) is 8.88. The van der Waals surface area contributed by atoms with Gasteiger partial charge < -0.3 is 9.32 Å². The fourth-order valence-electron chi connectivity index (χ4n) is 1.47. The van der Waals surface area contributed by atoms with Crippen LogP contribution < -0.4 is 4.90 Å². The topological polar surface area (TPSA) is 29.3 Å². The summed E-state index contributed by atoms with van der Waals surface area (Å²) in [6.45, 7) is 2.79. The Kier molecular flexibility index (Phi) is 7.49. The number of benzene rings is 2. The maximum Gasteiger partial charge on any atom is 3.00 e. The number of hydrogen-bond donors (Lipinski definition) is 0. The van der Waals surface area contributed by atoms with E-state index in [1.807, 2.05) is 61.5 Å². The maximum absolute atomic E-state index is 5.47. The normalized spacial score (nSPS) is 9.30. The minimum absolute atomic E-state index is 0. The Bertz CT molecular complexity index is 550. The molecule has 1 aromatic heterocycles. The van der Waals surface area contributed by atoms with Crippen molar-refractivity contribution in [3.05, 3.63) is 67.7 Å². The summed E-state index contributed by atoms with van der Waals surface area (Å²) in [5, 5.41) is 0. The summed E-state index contributed by atoms with van der Waals surface area (Å²) in [5.74, 6) is 0. The van der Waals surface area contributed by atoms with Crippen molar-refractivity contribution in [2.24, 2.45) is 0 Å². The zero-order valence-electron chi connectivity index (χ0n) is 11.5. The van der Waals surface area contributed by atoms with Crippen LogP contribution in [0.25, 0.3) is 11.1 Å². The van der Waals surface area contributed by atoms with Crippen LogP contribution >= 0.6 is 0 Å². The SMILES string of the molecule is [CH2-]N(CC)c1nc2ccccc2o1.[Y+3].[c-]1ccccc1. The predicted molar refractivity (Wildman–Crippen MR) is 77.7 cm³/mol. The molecule has 0 bridgehead atoms. The smallest absolute Gasteiger partial charge is 0.479 e. The van der Waals surface area contributed by atoms with Crippen LogP contribution in [-0.2, 0) is 32.7 Å². The Morgan fingerprint density at radius 1 is 1.15 bits per heavy atom. The third-order valence-corrected chi connectivity index (χ3v) is 2.54. The summed E-state index contributed by atoms with van der Waals surface area (Å²) >= 11 is 0. The van der Waals surface area contributed by atoms with E-state index in [0.29, 0.717) is 6.01 Å². The number of rotatable bonds is 2. The molecular formula is C16H16N2OY+. The average Bonchev–Trinajstić information content (AvgIpc) is 2.93. The molecule has 1 heterocycles. The van der Waals surface area contributed by atoms with Gasteiger partial charge in [0.1, 0.15) is 5.52 Å². The number of oxazole rings is 1. The first-order valence-electron chi connectivity index (χ1n) is 6.16. The number of aromatic nitrogens is 1. The molecule has 0 N–H and O–H groups in total. The molecule has 0 fully saturated rings. The third kappa shape index (κ3) is 4.73. The molecule has 3 aromatic rings. The van der Waals surface area contributed by atoms with E-state index < -0.39 is 0 Å². The van der Waals surface area contributed by atoms with E-state index >= 15 is 0 Å². The maximum atomic E-state index is 5.47. The Morgan fingerprint density at radius 2 is 1.85 bits per heavy atom. The van der Waals surface area contributed by atoms with Crippen LogP contribution in [0, 0.1) is 13.1 Å². The first-order chi connectivity index (χ1) is 9.31. The van der Waals surface area contributed by atoms with Crippen molar-refractivity contribution in [3.8, 4) is 0 Å².